The van der Waals surface area contributed by atoms with Gasteiger partial charge in [-0.2, -0.15) is 0 Å². The fourth-order valence-electron chi connectivity index (χ4n) is 3.05. The minimum atomic E-state index is -0.115. The Morgan fingerprint density at radius 3 is 2.28 bits per heavy atom. The number of methoxy groups -OCH3 is 1. The summed E-state index contributed by atoms with van der Waals surface area (Å²) in [6, 6.07) is 26.5. The summed E-state index contributed by atoms with van der Waals surface area (Å²) in [6.45, 7) is 0.193. The number of rotatable bonds is 9. The Morgan fingerprint density at radius 2 is 1.56 bits per heavy atom. The maximum absolute atomic E-state index is 12.4. The molecule has 3 aromatic carbocycles. The maximum atomic E-state index is 12.4. The lowest BCUT2D eigenvalue weighted by molar-refractivity contribution is -0.113. The summed E-state index contributed by atoms with van der Waals surface area (Å²) in [5.41, 5.74) is 1.65. The number of hydrogen-bond donors (Lipinski definition) is 1. The molecule has 0 spiro atoms. The Bertz CT molecular complexity index is 1170. The lowest BCUT2D eigenvalue weighted by Crippen LogP contribution is -2.14. The molecule has 1 heterocycles. The van der Waals surface area contributed by atoms with Crippen molar-refractivity contribution < 1.29 is 14.3 Å². The van der Waals surface area contributed by atoms with Crippen LogP contribution in [-0.2, 0) is 11.4 Å². The fraction of sp³-hybridized carbons (Fsp3) is 0.125. The van der Waals surface area contributed by atoms with Crippen molar-refractivity contribution in [2.24, 2.45) is 0 Å². The molecule has 4 aromatic rings. The zero-order valence-corrected chi connectivity index (χ0v) is 18.3. The number of anilines is 1. The molecule has 0 aliphatic heterocycles. The first kappa shape index (κ1) is 21.5. The van der Waals surface area contributed by atoms with Crippen molar-refractivity contribution in [3.05, 3.63) is 90.8 Å². The summed E-state index contributed by atoms with van der Waals surface area (Å²) in [5, 5.41) is 12.1. The Kier molecular flexibility index (Phi) is 7.04. The topological polar surface area (TPSA) is 78.3 Å². The largest absolute Gasteiger partial charge is 0.493 e. The van der Waals surface area contributed by atoms with Crippen molar-refractivity contribution in [2.45, 2.75) is 11.8 Å². The number of thioether (sulfide) groups is 1. The van der Waals surface area contributed by atoms with Gasteiger partial charge in [0.1, 0.15) is 6.61 Å². The van der Waals surface area contributed by atoms with Crippen LogP contribution >= 0.6 is 11.8 Å². The smallest absolute Gasteiger partial charge is 0.234 e. The second-order valence-electron chi connectivity index (χ2n) is 6.71. The normalized spacial score (nSPS) is 10.5. The number of carbonyl (C=O) groups excluding carboxylic acids is 1. The molecule has 4 rings (SSSR count). The van der Waals surface area contributed by atoms with Crippen molar-refractivity contribution >= 4 is 23.4 Å². The molecular formula is C24H22N4O3S. The molecule has 7 nitrogen and oxygen atoms in total. The van der Waals surface area contributed by atoms with Crippen LogP contribution in [0, 0.1) is 0 Å². The first-order valence-electron chi connectivity index (χ1n) is 9.98. The van der Waals surface area contributed by atoms with Gasteiger partial charge in [0.15, 0.2) is 22.5 Å². The SMILES string of the molecule is COc1ccccc1OCc1nnc(SCC(=O)Nc2ccccc2)n1-c1ccccc1. The molecule has 0 atom stereocenters. The average Bonchev–Trinajstić information content (AvgIpc) is 3.25. The van der Waals surface area contributed by atoms with Gasteiger partial charge in [0.05, 0.1) is 12.9 Å². The van der Waals surface area contributed by atoms with Crippen molar-refractivity contribution in [1.29, 1.82) is 0 Å². The molecular weight excluding hydrogens is 424 g/mol. The summed E-state index contributed by atoms with van der Waals surface area (Å²) in [5.74, 6) is 1.97. The van der Waals surface area contributed by atoms with Gasteiger partial charge in [-0.3, -0.25) is 9.36 Å². The van der Waals surface area contributed by atoms with E-state index in [9.17, 15) is 4.79 Å². The van der Waals surface area contributed by atoms with Gasteiger partial charge in [0.25, 0.3) is 0 Å². The highest BCUT2D eigenvalue weighted by molar-refractivity contribution is 7.99. The van der Waals surface area contributed by atoms with Crippen LogP contribution < -0.4 is 14.8 Å². The second-order valence-corrected chi connectivity index (χ2v) is 7.65. The number of ether oxygens (including phenoxy) is 2. The van der Waals surface area contributed by atoms with Crippen LogP contribution in [0.2, 0.25) is 0 Å². The minimum absolute atomic E-state index is 0.115. The summed E-state index contributed by atoms with van der Waals surface area (Å²) in [7, 11) is 1.60. The third-order valence-corrected chi connectivity index (χ3v) is 5.46. The van der Waals surface area contributed by atoms with Gasteiger partial charge in [-0.15, -0.1) is 10.2 Å². The fourth-order valence-corrected chi connectivity index (χ4v) is 3.82. The Hall–Kier alpha value is -3.78. The minimum Gasteiger partial charge on any atom is -0.493 e. The van der Waals surface area contributed by atoms with Crippen LogP contribution in [0.4, 0.5) is 5.69 Å². The van der Waals surface area contributed by atoms with E-state index in [0.717, 1.165) is 11.4 Å². The van der Waals surface area contributed by atoms with Crippen molar-refractivity contribution in [3.63, 3.8) is 0 Å². The third kappa shape index (κ3) is 5.28. The predicted molar refractivity (Wildman–Crippen MR) is 124 cm³/mol. The quantitative estimate of drug-likeness (QED) is 0.379. The summed E-state index contributed by atoms with van der Waals surface area (Å²) in [4.78, 5) is 12.4. The molecule has 1 amide bonds. The van der Waals surface area contributed by atoms with Gasteiger partial charge in [-0.25, -0.2) is 0 Å². The first-order valence-corrected chi connectivity index (χ1v) is 11.0. The standard InChI is InChI=1S/C24H22N4O3S/c1-30-20-14-8-9-15-21(20)31-16-22-26-27-24(28(22)19-12-6-3-7-13-19)32-17-23(29)25-18-10-4-2-5-11-18/h2-15H,16-17H2,1H3,(H,25,29). The number of para-hydroxylation sites is 4. The number of hydrogen-bond acceptors (Lipinski definition) is 6. The van der Waals surface area contributed by atoms with Crippen LogP contribution in [-0.4, -0.2) is 33.5 Å². The molecule has 0 unspecified atom stereocenters. The van der Waals surface area contributed by atoms with Crippen molar-refractivity contribution in [2.75, 3.05) is 18.2 Å². The van der Waals surface area contributed by atoms with Crippen LogP contribution in [0.15, 0.2) is 90.1 Å². The van der Waals surface area contributed by atoms with Gasteiger partial charge in [-0.1, -0.05) is 60.3 Å². The second kappa shape index (κ2) is 10.5. The molecule has 0 saturated heterocycles. The molecule has 8 heteroatoms. The van der Waals surface area contributed by atoms with Crippen molar-refractivity contribution in [3.8, 4) is 17.2 Å². The van der Waals surface area contributed by atoms with Crippen LogP contribution in [0.3, 0.4) is 0 Å². The van der Waals surface area contributed by atoms with Crippen LogP contribution in [0.1, 0.15) is 5.82 Å². The summed E-state index contributed by atoms with van der Waals surface area (Å²) < 4.78 is 13.2. The number of amides is 1. The zero-order chi connectivity index (χ0) is 22.2. The number of nitrogens with one attached hydrogen (secondary N) is 1. The summed E-state index contributed by atoms with van der Waals surface area (Å²) >= 11 is 1.32. The molecule has 162 valence electrons. The highest BCUT2D eigenvalue weighted by Crippen LogP contribution is 2.28. The van der Waals surface area contributed by atoms with E-state index >= 15 is 0 Å². The number of carbonyl (C=O) groups is 1. The monoisotopic (exact) mass is 446 g/mol. The zero-order valence-electron chi connectivity index (χ0n) is 17.5. The number of aromatic nitrogens is 3. The maximum Gasteiger partial charge on any atom is 0.234 e. The lowest BCUT2D eigenvalue weighted by Gasteiger charge is -2.12. The van der Waals surface area contributed by atoms with E-state index in [2.05, 4.69) is 15.5 Å². The van der Waals surface area contributed by atoms with E-state index in [1.165, 1.54) is 11.8 Å². The van der Waals surface area contributed by atoms with E-state index in [0.29, 0.717) is 22.5 Å². The van der Waals surface area contributed by atoms with Gasteiger partial charge in [-0.05, 0) is 36.4 Å². The number of nitrogens with zero attached hydrogens (tertiary/aromatic N) is 3. The van der Waals surface area contributed by atoms with E-state index in [1.54, 1.807) is 7.11 Å². The molecule has 0 radical (unpaired) electrons. The van der Waals surface area contributed by atoms with E-state index in [1.807, 2.05) is 89.5 Å². The Morgan fingerprint density at radius 1 is 0.906 bits per heavy atom. The molecule has 0 aliphatic carbocycles. The molecule has 1 N–H and O–H groups in total. The predicted octanol–water partition coefficient (Wildman–Crippen LogP) is 4.59. The van der Waals surface area contributed by atoms with Gasteiger partial charge >= 0.3 is 0 Å². The van der Waals surface area contributed by atoms with Gasteiger partial charge < -0.3 is 14.8 Å². The third-order valence-electron chi connectivity index (χ3n) is 4.53. The van der Waals surface area contributed by atoms with E-state index in [-0.39, 0.29) is 18.3 Å². The van der Waals surface area contributed by atoms with Crippen LogP contribution in [0.5, 0.6) is 11.5 Å². The molecule has 32 heavy (non-hydrogen) atoms. The van der Waals surface area contributed by atoms with Crippen LogP contribution in [0.25, 0.3) is 5.69 Å². The molecule has 0 fully saturated rings. The summed E-state index contributed by atoms with van der Waals surface area (Å²) in [6.07, 6.45) is 0. The highest BCUT2D eigenvalue weighted by Gasteiger charge is 2.17. The Labute approximate surface area is 190 Å². The molecule has 0 saturated carbocycles. The van der Waals surface area contributed by atoms with Crippen molar-refractivity contribution in [1.82, 2.24) is 14.8 Å². The van der Waals surface area contributed by atoms with Gasteiger partial charge in [0.2, 0.25) is 5.91 Å². The van der Waals surface area contributed by atoms with E-state index < -0.39 is 0 Å². The number of benzene rings is 3. The van der Waals surface area contributed by atoms with E-state index in [4.69, 9.17) is 9.47 Å². The Balaban J connectivity index is 1.51. The molecule has 0 aliphatic rings. The highest BCUT2D eigenvalue weighted by atomic mass is 32.2. The van der Waals surface area contributed by atoms with Gasteiger partial charge in [0, 0.05) is 11.4 Å². The first-order chi connectivity index (χ1) is 15.7. The lowest BCUT2D eigenvalue weighted by atomic mass is 10.3. The molecule has 1 aromatic heterocycles. The average molecular weight is 447 g/mol. The molecule has 0 bridgehead atoms.